The molecule has 3 rings (SSSR count). The number of carbonyl (C=O) groups excluding carboxylic acids is 2. The van der Waals surface area contributed by atoms with Gasteiger partial charge >= 0.3 is 0 Å². The lowest BCUT2D eigenvalue weighted by atomic mass is 9.80. The Bertz CT molecular complexity index is 836. The van der Waals surface area contributed by atoms with Gasteiger partial charge in [-0.05, 0) is 61.7 Å². The third-order valence-corrected chi connectivity index (χ3v) is 5.24. The summed E-state index contributed by atoms with van der Waals surface area (Å²) in [5.41, 5.74) is 0.762. The molecular weight excluding hydrogens is 359 g/mol. The topological polar surface area (TPSA) is 58.6 Å². The number of nitrogens with one attached hydrogen (secondary N) is 1. The zero-order valence-electron chi connectivity index (χ0n) is 16.2. The highest BCUT2D eigenvalue weighted by atomic mass is 19.1. The molecule has 0 aliphatic carbocycles. The fraction of sp³-hybridized carbons (Fsp3) is 0.364. The van der Waals surface area contributed by atoms with Gasteiger partial charge in [0.1, 0.15) is 11.6 Å². The van der Waals surface area contributed by atoms with Gasteiger partial charge in [0.25, 0.3) is 5.91 Å². The second kappa shape index (κ2) is 8.42. The van der Waals surface area contributed by atoms with E-state index in [1.54, 1.807) is 48.4 Å². The lowest BCUT2D eigenvalue weighted by Gasteiger charge is -2.39. The molecule has 28 heavy (non-hydrogen) atoms. The number of likely N-dealkylation sites (tertiary alicyclic amines) is 1. The van der Waals surface area contributed by atoms with Crippen molar-refractivity contribution in [3.8, 4) is 5.75 Å². The third kappa shape index (κ3) is 4.50. The van der Waals surface area contributed by atoms with E-state index >= 15 is 0 Å². The van der Waals surface area contributed by atoms with Crippen molar-refractivity contribution in [2.75, 3.05) is 20.2 Å². The molecule has 2 amide bonds. The Hall–Kier alpha value is -2.89. The summed E-state index contributed by atoms with van der Waals surface area (Å²) < 4.78 is 18.1. The van der Waals surface area contributed by atoms with E-state index in [-0.39, 0.29) is 17.6 Å². The number of nitrogens with zero attached hydrogens (tertiary/aromatic N) is 1. The Balaban J connectivity index is 1.63. The predicted molar refractivity (Wildman–Crippen MR) is 104 cm³/mol. The van der Waals surface area contributed by atoms with Crippen LogP contribution < -0.4 is 10.1 Å². The summed E-state index contributed by atoms with van der Waals surface area (Å²) in [6.45, 7) is 3.22. The summed E-state index contributed by atoms with van der Waals surface area (Å²) in [5, 5.41) is 2.93. The number of hydrogen-bond acceptors (Lipinski definition) is 3. The van der Waals surface area contributed by atoms with E-state index in [4.69, 9.17) is 4.74 Å². The molecule has 1 atom stereocenters. The molecule has 1 aliphatic heterocycles. The quantitative estimate of drug-likeness (QED) is 0.860. The molecule has 1 saturated heterocycles. The van der Waals surface area contributed by atoms with E-state index in [1.807, 2.05) is 6.92 Å². The standard InChI is InChI=1S/C22H25FN2O3/c1-22(21(27)24-14-16-4-8-18(23)9-5-16)12-3-13-25(15-22)20(26)17-6-10-19(28-2)11-7-17/h4-11H,3,12-15H2,1-2H3,(H,24,27)/t22-/m1/s1. The number of carbonyl (C=O) groups is 2. The highest BCUT2D eigenvalue weighted by molar-refractivity contribution is 5.95. The first kappa shape index (κ1) is 19.9. The first-order valence-electron chi connectivity index (χ1n) is 9.37. The molecule has 0 spiro atoms. The fourth-order valence-corrected chi connectivity index (χ4v) is 3.51. The molecule has 5 nitrogen and oxygen atoms in total. The molecule has 0 unspecified atom stereocenters. The minimum atomic E-state index is -0.652. The highest BCUT2D eigenvalue weighted by Crippen LogP contribution is 2.31. The number of piperidine rings is 1. The van der Waals surface area contributed by atoms with Crippen LogP contribution in [0.25, 0.3) is 0 Å². The van der Waals surface area contributed by atoms with Gasteiger partial charge in [-0.1, -0.05) is 12.1 Å². The van der Waals surface area contributed by atoms with Gasteiger partial charge in [0.05, 0.1) is 12.5 Å². The monoisotopic (exact) mass is 384 g/mol. The number of hydrogen-bond donors (Lipinski definition) is 1. The Kier molecular flexibility index (Phi) is 5.97. The molecule has 0 radical (unpaired) electrons. The van der Waals surface area contributed by atoms with E-state index in [9.17, 15) is 14.0 Å². The summed E-state index contributed by atoms with van der Waals surface area (Å²) >= 11 is 0. The molecular formula is C22H25FN2O3. The van der Waals surface area contributed by atoms with Gasteiger partial charge in [-0.15, -0.1) is 0 Å². The molecule has 1 heterocycles. The summed E-state index contributed by atoms with van der Waals surface area (Å²) in [7, 11) is 1.58. The number of benzene rings is 2. The molecule has 0 bridgehead atoms. The normalized spacial score (nSPS) is 19.2. The van der Waals surface area contributed by atoms with Crippen LogP contribution in [0.3, 0.4) is 0 Å². The molecule has 2 aromatic rings. The lowest BCUT2D eigenvalue weighted by molar-refractivity contribution is -0.132. The molecule has 1 N–H and O–H groups in total. The van der Waals surface area contributed by atoms with Crippen molar-refractivity contribution in [3.63, 3.8) is 0 Å². The summed E-state index contributed by atoms with van der Waals surface area (Å²) in [6.07, 6.45) is 1.48. The van der Waals surface area contributed by atoms with Crippen LogP contribution in [0.2, 0.25) is 0 Å². The number of ether oxygens (including phenoxy) is 1. The molecule has 6 heteroatoms. The van der Waals surface area contributed by atoms with Gasteiger partial charge in [0.2, 0.25) is 5.91 Å². The summed E-state index contributed by atoms with van der Waals surface area (Å²) in [4.78, 5) is 27.4. The fourth-order valence-electron chi connectivity index (χ4n) is 3.51. The first-order chi connectivity index (χ1) is 13.4. The van der Waals surface area contributed by atoms with Crippen LogP contribution in [0.15, 0.2) is 48.5 Å². The van der Waals surface area contributed by atoms with Crippen molar-refractivity contribution in [1.29, 1.82) is 0 Å². The second-order valence-electron chi connectivity index (χ2n) is 7.43. The van der Waals surface area contributed by atoms with Gasteiger partial charge in [0.15, 0.2) is 0 Å². The highest BCUT2D eigenvalue weighted by Gasteiger charge is 2.39. The van der Waals surface area contributed by atoms with E-state index in [1.165, 1.54) is 12.1 Å². The Labute approximate surface area is 164 Å². The minimum absolute atomic E-state index is 0.0834. The molecule has 148 valence electrons. The maximum absolute atomic E-state index is 13.0. The van der Waals surface area contributed by atoms with Gasteiger partial charge in [-0.3, -0.25) is 9.59 Å². The zero-order chi connectivity index (χ0) is 20.1. The van der Waals surface area contributed by atoms with E-state index in [0.29, 0.717) is 37.4 Å². The Morgan fingerprint density at radius 2 is 1.82 bits per heavy atom. The average molecular weight is 384 g/mol. The van der Waals surface area contributed by atoms with Crippen molar-refractivity contribution < 1.29 is 18.7 Å². The van der Waals surface area contributed by atoms with Crippen LogP contribution in [0.5, 0.6) is 5.75 Å². The van der Waals surface area contributed by atoms with Crippen LogP contribution in [-0.4, -0.2) is 36.9 Å². The zero-order valence-corrected chi connectivity index (χ0v) is 16.2. The van der Waals surface area contributed by atoms with E-state index in [0.717, 1.165) is 12.0 Å². The van der Waals surface area contributed by atoms with Crippen molar-refractivity contribution in [3.05, 3.63) is 65.5 Å². The summed E-state index contributed by atoms with van der Waals surface area (Å²) in [5.74, 6) is 0.214. The van der Waals surface area contributed by atoms with Crippen LogP contribution in [0.1, 0.15) is 35.7 Å². The number of methoxy groups -OCH3 is 1. The molecule has 1 fully saturated rings. The summed E-state index contributed by atoms with van der Waals surface area (Å²) in [6, 6.07) is 13.0. The lowest BCUT2D eigenvalue weighted by Crippen LogP contribution is -2.51. The molecule has 0 saturated carbocycles. The Morgan fingerprint density at radius 3 is 2.46 bits per heavy atom. The maximum Gasteiger partial charge on any atom is 0.253 e. The van der Waals surface area contributed by atoms with Gasteiger partial charge in [0, 0.05) is 25.2 Å². The van der Waals surface area contributed by atoms with Gasteiger partial charge in [-0.25, -0.2) is 4.39 Å². The van der Waals surface area contributed by atoms with Crippen LogP contribution in [0.4, 0.5) is 4.39 Å². The van der Waals surface area contributed by atoms with Crippen LogP contribution >= 0.6 is 0 Å². The Morgan fingerprint density at radius 1 is 1.14 bits per heavy atom. The van der Waals surface area contributed by atoms with Crippen molar-refractivity contribution in [2.24, 2.45) is 5.41 Å². The van der Waals surface area contributed by atoms with Gasteiger partial charge in [-0.2, -0.15) is 0 Å². The van der Waals surface area contributed by atoms with E-state index in [2.05, 4.69) is 5.32 Å². The largest absolute Gasteiger partial charge is 0.497 e. The number of rotatable bonds is 5. The number of halogens is 1. The second-order valence-corrected chi connectivity index (χ2v) is 7.43. The SMILES string of the molecule is COc1ccc(C(=O)N2CCC[C@@](C)(C(=O)NCc3ccc(F)cc3)C2)cc1. The third-order valence-electron chi connectivity index (χ3n) is 5.24. The van der Waals surface area contributed by atoms with Crippen LogP contribution in [-0.2, 0) is 11.3 Å². The van der Waals surface area contributed by atoms with Crippen molar-refractivity contribution in [1.82, 2.24) is 10.2 Å². The minimum Gasteiger partial charge on any atom is -0.497 e. The van der Waals surface area contributed by atoms with Crippen molar-refractivity contribution >= 4 is 11.8 Å². The average Bonchev–Trinajstić information content (AvgIpc) is 2.72. The molecule has 0 aromatic heterocycles. The van der Waals surface area contributed by atoms with Crippen LogP contribution in [0, 0.1) is 11.2 Å². The van der Waals surface area contributed by atoms with Crippen molar-refractivity contribution in [2.45, 2.75) is 26.3 Å². The first-order valence-corrected chi connectivity index (χ1v) is 9.37. The maximum atomic E-state index is 13.0. The van der Waals surface area contributed by atoms with E-state index < -0.39 is 5.41 Å². The van der Waals surface area contributed by atoms with Gasteiger partial charge < -0.3 is 15.0 Å². The molecule has 2 aromatic carbocycles. The smallest absolute Gasteiger partial charge is 0.253 e. The molecule has 1 aliphatic rings. The predicted octanol–water partition coefficient (Wildman–Crippen LogP) is 3.39. The number of amides is 2.